The summed E-state index contributed by atoms with van der Waals surface area (Å²) in [5, 5.41) is 15.4. The minimum Gasteiger partial charge on any atom is -0.495 e. The standard InChI is InChI=1S/C30H30F2N6O3/c1-41-26-10-6-5-9-25(26)38(27(39)19-37-35-29(34-36-37)21-13-17-23(32)18-14-21)28(20-11-15-22(31)16-12-20)30(40)33-24-7-3-2-4-8-24/h5-6,9-18,24,28H,2-4,7-8,19H2,1H3,(H,33,40). The van der Waals surface area contributed by atoms with Crippen LogP contribution in [0, 0.1) is 11.6 Å². The predicted octanol–water partition coefficient (Wildman–Crippen LogP) is 4.85. The molecule has 1 aliphatic rings. The lowest BCUT2D eigenvalue weighted by molar-refractivity contribution is -0.127. The van der Waals surface area contributed by atoms with Crippen molar-refractivity contribution < 1.29 is 23.1 Å². The van der Waals surface area contributed by atoms with E-state index >= 15 is 0 Å². The van der Waals surface area contributed by atoms with Gasteiger partial charge in [-0.1, -0.05) is 43.5 Å². The van der Waals surface area contributed by atoms with Crippen molar-refractivity contribution >= 4 is 17.5 Å². The molecule has 1 unspecified atom stereocenters. The van der Waals surface area contributed by atoms with E-state index in [9.17, 15) is 18.4 Å². The molecule has 0 radical (unpaired) electrons. The lowest BCUT2D eigenvalue weighted by Gasteiger charge is -2.34. The molecule has 1 saturated carbocycles. The number of methoxy groups -OCH3 is 1. The van der Waals surface area contributed by atoms with Gasteiger partial charge in [-0.2, -0.15) is 4.80 Å². The Labute approximate surface area is 236 Å². The molecular formula is C30H30F2N6O3. The van der Waals surface area contributed by atoms with Gasteiger partial charge in [-0.3, -0.25) is 14.5 Å². The van der Waals surface area contributed by atoms with Gasteiger partial charge in [0.2, 0.25) is 11.7 Å². The lowest BCUT2D eigenvalue weighted by Crippen LogP contribution is -2.48. The number of anilines is 1. The van der Waals surface area contributed by atoms with E-state index in [-0.39, 0.29) is 24.3 Å². The SMILES string of the molecule is COc1ccccc1N(C(=O)Cn1nnc(-c2ccc(F)cc2)n1)C(C(=O)NC1CCCCC1)c1ccc(F)cc1. The van der Waals surface area contributed by atoms with Crippen molar-refractivity contribution in [1.82, 2.24) is 25.5 Å². The maximum atomic E-state index is 14.1. The van der Waals surface area contributed by atoms with Crippen molar-refractivity contribution in [3.63, 3.8) is 0 Å². The summed E-state index contributed by atoms with van der Waals surface area (Å²) in [6.45, 7) is -0.360. The molecule has 1 aromatic heterocycles. The van der Waals surface area contributed by atoms with Gasteiger partial charge in [0.15, 0.2) is 0 Å². The molecule has 1 fully saturated rings. The number of halogens is 2. The fourth-order valence-corrected chi connectivity index (χ4v) is 5.06. The number of rotatable bonds is 9. The highest BCUT2D eigenvalue weighted by atomic mass is 19.1. The molecule has 0 aliphatic heterocycles. The van der Waals surface area contributed by atoms with Crippen molar-refractivity contribution in [2.75, 3.05) is 12.0 Å². The molecule has 1 atom stereocenters. The van der Waals surface area contributed by atoms with Crippen LogP contribution in [0.5, 0.6) is 5.75 Å². The Morgan fingerprint density at radius 1 is 0.976 bits per heavy atom. The molecule has 0 spiro atoms. The maximum absolute atomic E-state index is 14.1. The number of carbonyl (C=O) groups excluding carboxylic acids is 2. The fourth-order valence-electron chi connectivity index (χ4n) is 5.06. The normalized spacial score (nSPS) is 14.3. The van der Waals surface area contributed by atoms with E-state index in [1.54, 1.807) is 24.3 Å². The van der Waals surface area contributed by atoms with E-state index in [4.69, 9.17) is 4.74 Å². The summed E-state index contributed by atoms with van der Waals surface area (Å²) >= 11 is 0. The summed E-state index contributed by atoms with van der Waals surface area (Å²) in [5.41, 5.74) is 1.31. The first-order valence-electron chi connectivity index (χ1n) is 13.5. The number of tetrazole rings is 1. The zero-order valence-corrected chi connectivity index (χ0v) is 22.5. The van der Waals surface area contributed by atoms with Gasteiger partial charge in [0.05, 0.1) is 12.8 Å². The molecule has 0 saturated heterocycles. The highest BCUT2D eigenvalue weighted by Crippen LogP contribution is 2.35. The number of amides is 2. The molecule has 1 aliphatic carbocycles. The molecule has 5 rings (SSSR count). The second-order valence-electron chi connectivity index (χ2n) is 9.88. The molecule has 4 aromatic rings. The van der Waals surface area contributed by atoms with Gasteiger partial charge in [0.25, 0.3) is 5.91 Å². The van der Waals surface area contributed by atoms with Gasteiger partial charge in [0.1, 0.15) is 30.0 Å². The molecule has 212 valence electrons. The van der Waals surface area contributed by atoms with Crippen LogP contribution in [0.1, 0.15) is 43.7 Å². The molecule has 41 heavy (non-hydrogen) atoms. The summed E-state index contributed by atoms with van der Waals surface area (Å²) in [6.07, 6.45) is 4.83. The Morgan fingerprint density at radius 2 is 1.63 bits per heavy atom. The van der Waals surface area contributed by atoms with Crippen molar-refractivity contribution in [3.05, 3.63) is 90.0 Å². The van der Waals surface area contributed by atoms with Crippen LogP contribution in [-0.2, 0) is 16.1 Å². The third kappa shape index (κ3) is 6.56. The fraction of sp³-hybridized carbons (Fsp3) is 0.300. The molecule has 9 nitrogen and oxygen atoms in total. The number of para-hydroxylation sites is 2. The Morgan fingerprint density at radius 3 is 2.32 bits per heavy atom. The number of hydrogen-bond acceptors (Lipinski definition) is 6. The quantitative estimate of drug-likeness (QED) is 0.314. The first kappa shape index (κ1) is 27.9. The van der Waals surface area contributed by atoms with Crippen LogP contribution in [0.4, 0.5) is 14.5 Å². The van der Waals surface area contributed by atoms with E-state index in [0.717, 1.165) is 36.9 Å². The smallest absolute Gasteiger partial charge is 0.251 e. The summed E-state index contributed by atoms with van der Waals surface area (Å²) in [7, 11) is 1.48. The monoisotopic (exact) mass is 560 g/mol. The van der Waals surface area contributed by atoms with Crippen LogP contribution < -0.4 is 15.0 Å². The molecule has 1 heterocycles. The average molecular weight is 561 g/mol. The second-order valence-corrected chi connectivity index (χ2v) is 9.88. The highest BCUT2D eigenvalue weighted by molar-refractivity contribution is 6.02. The Hall–Kier alpha value is -4.67. The first-order valence-corrected chi connectivity index (χ1v) is 13.5. The van der Waals surface area contributed by atoms with Crippen LogP contribution in [0.25, 0.3) is 11.4 Å². The number of aromatic nitrogens is 4. The van der Waals surface area contributed by atoms with E-state index < -0.39 is 23.6 Å². The van der Waals surface area contributed by atoms with Gasteiger partial charge < -0.3 is 10.1 Å². The number of carbonyl (C=O) groups is 2. The predicted molar refractivity (Wildman–Crippen MR) is 148 cm³/mol. The minimum atomic E-state index is -1.14. The van der Waals surface area contributed by atoms with Crippen LogP contribution in [0.2, 0.25) is 0 Å². The number of ether oxygens (including phenoxy) is 1. The number of benzene rings is 3. The van der Waals surface area contributed by atoms with Crippen molar-refractivity contribution in [2.45, 2.75) is 50.7 Å². The largest absolute Gasteiger partial charge is 0.495 e. The highest BCUT2D eigenvalue weighted by Gasteiger charge is 2.36. The van der Waals surface area contributed by atoms with E-state index in [0.29, 0.717) is 22.6 Å². The van der Waals surface area contributed by atoms with Crippen molar-refractivity contribution in [1.29, 1.82) is 0 Å². The second kappa shape index (κ2) is 12.7. The van der Waals surface area contributed by atoms with Crippen molar-refractivity contribution in [3.8, 4) is 17.1 Å². The van der Waals surface area contributed by atoms with Crippen LogP contribution in [-0.4, -0.2) is 45.2 Å². The number of hydrogen-bond donors (Lipinski definition) is 1. The zero-order chi connectivity index (χ0) is 28.8. The van der Waals surface area contributed by atoms with Crippen LogP contribution in [0.15, 0.2) is 72.8 Å². The molecular weight excluding hydrogens is 530 g/mol. The Balaban J connectivity index is 1.52. The van der Waals surface area contributed by atoms with Gasteiger partial charge in [-0.25, -0.2) is 8.78 Å². The molecule has 2 amide bonds. The molecule has 0 bridgehead atoms. The Bertz CT molecular complexity index is 1490. The summed E-state index contributed by atoms with van der Waals surface area (Å²) in [5.74, 6) is -1.19. The summed E-state index contributed by atoms with van der Waals surface area (Å²) in [4.78, 5) is 30.5. The number of nitrogens with one attached hydrogen (secondary N) is 1. The summed E-state index contributed by atoms with van der Waals surface area (Å²) < 4.78 is 32.9. The minimum absolute atomic E-state index is 0.0240. The summed E-state index contributed by atoms with van der Waals surface area (Å²) in [6, 6.07) is 16.8. The van der Waals surface area contributed by atoms with E-state index in [1.807, 2.05) is 0 Å². The third-order valence-corrected chi connectivity index (χ3v) is 7.09. The van der Waals surface area contributed by atoms with Gasteiger partial charge in [-0.05, 0) is 72.1 Å². The van der Waals surface area contributed by atoms with Crippen LogP contribution in [0.3, 0.4) is 0 Å². The zero-order valence-electron chi connectivity index (χ0n) is 22.5. The van der Waals surface area contributed by atoms with E-state index in [1.165, 1.54) is 60.5 Å². The molecule has 1 N–H and O–H groups in total. The van der Waals surface area contributed by atoms with Crippen molar-refractivity contribution in [2.24, 2.45) is 0 Å². The van der Waals surface area contributed by atoms with Gasteiger partial charge in [0, 0.05) is 11.6 Å². The lowest BCUT2D eigenvalue weighted by atomic mass is 9.94. The average Bonchev–Trinajstić information content (AvgIpc) is 3.45. The van der Waals surface area contributed by atoms with E-state index in [2.05, 4.69) is 20.7 Å². The number of nitrogens with zero attached hydrogens (tertiary/aromatic N) is 5. The maximum Gasteiger partial charge on any atom is 0.251 e. The van der Waals surface area contributed by atoms with Gasteiger partial charge in [-0.15, -0.1) is 10.2 Å². The first-order chi connectivity index (χ1) is 19.9. The Kier molecular flexibility index (Phi) is 8.61. The third-order valence-electron chi connectivity index (χ3n) is 7.09. The molecule has 11 heteroatoms. The van der Waals surface area contributed by atoms with Crippen LogP contribution >= 0.6 is 0 Å². The topological polar surface area (TPSA) is 102 Å². The molecule has 3 aromatic carbocycles. The van der Waals surface area contributed by atoms with Gasteiger partial charge >= 0.3 is 0 Å².